The van der Waals surface area contributed by atoms with Crippen molar-refractivity contribution in [1.29, 1.82) is 0 Å². The van der Waals surface area contributed by atoms with Crippen molar-refractivity contribution >= 4 is 28.4 Å². The Morgan fingerprint density at radius 3 is 2.08 bits per heavy atom. The van der Waals surface area contributed by atoms with Gasteiger partial charge in [-0.15, -0.1) is 0 Å². The second-order valence-corrected chi connectivity index (χ2v) is 6.62. The Morgan fingerprint density at radius 1 is 0.960 bits per heavy atom. The van der Waals surface area contributed by atoms with E-state index < -0.39 is 11.1 Å². The minimum Gasteiger partial charge on any atom is -0.302 e. The summed E-state index contributed by atoms with van der Waals surface area (Å²) in [5.74, 6) is -0.644. The number of anilines is 1. The van der Waals surface area contributed by atoms with E-state index in [1.165, 1.54) is 5.56 Å². The number of benzene rings is 2. The van der Waals surface area contributed by atoms with Crippen LogP contribution in [0.5, 0.6) is 0 Å². The highest BCUT2D eigenvalue weighted by molar-refractivity contribution is 6.82. The van der Waals surface area contributed by atoms with Crippen LogP contribution in [-0.2, 0) is 16.1 Å². The molecule has 1 aliphatic heterocycles. The normalized spacial score (nSPS) is 15.7. The van der Waals surface area contributed by atoms with Gasteiger partial charge in [0.15, 0.2) is 0 Å². The third kappa shape index (κ3) is 4.47. The lowest BCUT2D eigenvalue weighted by Crippen LogP contribution is -2.49. The lowest BCUT2D eigenvalue weighted by molar-refractivity contribution is -0.132. The zero-order valence-corrected chi connectivity index (χ0v) is 14.7. The largest absolute Gasteiger partial charge is 0.311 e. The van der Waals surface area contributed by atoms with E-state index in [-0.39, 0.29) is 6.04 Å². The zero-order valence-electron chi connectivity index (χ0n) is 14.0. The summed E-state index contributed by atoms with van der Waals surface area (Å²) in [6.07, 6.45) is 1.63. The van der Waals surface area contributed by atoms with Gasteiger partial charge in [-0.05, 0) is 42.1 Å². The van der Waals surface area contributed by atoms with E-state index in [2.05, 4.69) is 17.0 Å². The number of amides is 1. The molecule has 0 radical (unpaired) electrons. The van der Waals surface area contributed by atoms with E-state index in [9.17, 15) is 9.59 Å². The van der Waals surface area contributed by atoms with Crippen LogP contribution in [0.25, 0.3) is 0 Å². The number of nitrogens with zero attached hydrogens (tertiary/aromatic N) is 2. The van der Waals surface area contributed by atoms with E-state index in [1.807, 2.05) is 48.5 Å². The summed E-state index contributed by atoms with van der Waals surface area (Å²) < 4.78 is 0. The van der Waals surface area contributed by atoms with Crippen molar-refractivity contribution in [2.75, 3.05) is 18.0 Å². The fraction of sp³-hybridized carbons (Fsp3) is 0.300. The van der Waals surface area contributed by atoms with Crippen molar-refractivity contribution in [3.63, 3.8) is 0 Å². The van der Waals surface area contributed by atoms with Crippen molar-refractivity contribution in [2.24, 2.45) is 0 Å². The Balaban J connectivity index is 1.68. The van der Waals surface area contributed by atoms with E-state index in [0.29, 0.717) is 0 Å². The molecule has 1 amide bonds. The number of para-hydroxylation sites is 1. The molecule has 3 rings (SSSR count). The van der Waals surface area contributed by atoms with Gasteiger partial charge in [-0.3, -0.25) is 14.5 Å². The summed E-state index contributed by atoms with van der Waals surface area (Å²) in [6.45, 7) is 2.67. The van der Waals surface area contributed by atoms with Crippen LogP contribution in [0.2, 0.25) is 0 Å². The van der Waals surface area contributed by atoms with Crippen LogP contribution in [0.15, 0.2) is 60.7 Å². The molecule has 0 saturated carbocycles. The SMILES string of the molecule is O=C(Cl)C(=O)N(c1ccccc1)C1CCN(Cc2ccccc2)CC1. The van der Waals surface area contributed by atoms with Crippen LogP contribution >= 0.6 is 11.6 Å². The summed E-state index contributed by atoms with van der Waals surface area (Å²) in [5, 5.41) is -0.935. The topological polar surface area (TPSA) is 40.6 Å². The number of carbonyl (C=O) groups excluding carboxylic acids is 2. The number of hydrogen-bond acceptors (Lipinski definition) is 3. The van der Waals surface area contributed by atoms with Gasteiger partial charge < -0.3 is 4.90 Å². The predicted octanol–water partition coefficient (Wildman–Crippen LogP) is 3.45. The molecule has 25 heavy (non-hydrogen) atoms. The van der Waals surface area contributed by atoms with E-state index in [0.717, 1.165) is 38.2 Å². The first kappa shape index (κ1) is 17.6. The molecule has 0 bridgehead atoms. The lowest BCUT2D eigenvalue weighted by Gasteiger charge is -2.38. The van der Waals surface area contributed by atoms with Crippen LogP contribution < -0.4 is 4.90 Å². The highest BCUT2D eigenvalue weighted by atomic mass is 35.5. The van der Waals surface area contributed by atoms with Gasteiger partial charge in [-0.1, -0.05) is 48.5 Å². The van der Waals surface area contributed by atoms with Gasteiger partial charge in [-0.25, -0.2) is 0 Å². The molecule has 2 aromatic rings. The third-order valence-electron chi connectivity index (χ3n) is 4.59. The Kier molecular flexibility index (Phi) is 5.84. The number of halogens is 1. The molecule has 0 unspecified atom stereocenters. The standard InChI is InChI=1S/C20H21ClN2O2/c21-19(24)20(25)23(17-9-5-2-6-10-17)18-11-13-22(14-12-18)15-16-7-3-1-4-8-16/h1-10,18H,11-15H2. The summed E-state index contributed by atoms with van der Waals surface area (Å²) in [7, 11) is 0. The average Bonchev–Trinajstić information content (AvgIpc) is 2.65. The minimum absolute atomic E-state index is 0.00961. The van der Waals surface area contributed by atoms with Gasteiger partial charge >= 0.3 is 11.1 Å². The molecule has 130 valence electrons. The van der Waals surface area contributed by atoms with E-state index in [1.54, 1.807) is 4.90 Å². The maximum atomic E-state index is 12.3. The first-order valence-electron chi connectivity index (χ1n) is 8.49. The van der Waals surface area contributed by atoms with Crippen molar-refractivity contribution < 1.29 is 9.59 Å². The Hall–Kier alpha value is -2.17. The predicted molar refractivity (Wildman–Crippen MR) is 99.5 cm³/mol. The van der Waals surface area contributed by atoms with Crippen LogP contribution in [-0.4, -0.2) is 35.2 Å². The third-order valence-corrected chi connectivity index (χ3v) is 4.75. The Bertz CT molecular complexity index is 713. The van der Waals surface area contributed by atoms with E-state index in [4.69, 9.17) is 11.6 Å². The van der Waals surface area contributed by atoms with Crippen molar-refractivity contribution in [2.45, 2.75) is 25.4 Å². The summed E-state index contributed by atoms with van der Waals surface area (Å²) >= 11 is 5.49. The molecule has 0 aliphatic carbocycles. The Morgan fingerprint density at radius 2 is 1.52 bits per heavy atom. The fourth-order valence-corrected chi connectivity index (χ4v) is 3.45. The lowest BCUT2D eigenvalue weighted by atomic mass is 10.0. The second-order valence-electron chi connectivity index (χ2n) is 6.28. The molecule has 1 fully saturated rings. The first-order valence-corrected chi connectivity index (χ1v) is 8.87. The number of rotatable bonds is 5. The van der Waals surface area contributed by atoms with Gasteiger partial charge in [-0.2, -0.15) is 0 Å². The molecule has 4 nitrogen and oxygen atoms in total. The zero-order chi connectivity index (χ0) is 17.6. The molecule has 0 spiro atoms. The molecule has 0 atom stereocenters. The number of piperidine rings is 1. The van der Waals surface area contributed by atoms with Crippen LogP contribution in [0, 0.1) is 0 Å². The van der Waals surface area contributed by atoms with Gasteiger partial charge in [0.2, 0.25) is 0 Å². The van der Waals surface area contributed by atoms with Gasteiger partial charge in [0.05, 0.1) is 0 Å². The fourth-order valence-electron chi connectivity index (χ4n) is 3.35. The quantitative estimate of drug-likeness (QED) is 0.608. The van der Waals surface area contributed by atoms with Crippen molar-refractivity contribution in [1.82, 2.24) is 4.90 Å². The molecule has 5 heteroatoms. The van der Waals surface area contributed by atoms with Crippen LogP contribution in [0.1, 0.15) is 18.4 Å². The van der Waals surface area contributed by atoms with Crippen LogP contribution in [0.3, 0.4) is 0 Å². The highest BCUT2D eigenvalue weighted by Gasteiger charge is 2.31. The minimum atomic E-state index is -0.935. The maximum absolute atomic E-state index is 12.3. The molecule has 1 aliphatic rings. The van der Waals surface area contributed by atoms with E-state index >= 15 is 0 Å². The van der Waals surface area contributed by atoms with Crippen LogP contribution in [0.4, 0.5) is 5.69 Å². The summed E-state index contributed by atoms with van der Waals surface area (Å²) in [6, 6.07) is 19.6. The number of hydrogen-bond donors (Lipinski definition) is 0. The molecule has 2 aromatic carbocycles. The molecular formula is C20H21ClN2O2. The summed E-state index contributed by atoms with van der Waals surface area (Å²) in [4.78, 5) is 27.8. The van der Waals surface area contributed by atoms with Gasteiger partial charge in [0, 0.05) is 31.4 Å². The van der Waals surface area contributed by atoms with Crippen molar-refractivity contribution in [3.05, 3.63) is 66.2 Å². The smallest absolute Gasteiger partial charge is 0.302 e. The second kappa shape index (κ2) is 8.28. The molecule has 1 heterocycles. The molecule has 1 saturated heterocycles. The van der Waals surface area contributed by atoms with Gasteiger partial charge in [0.1, 0.15) is 0 Å². The number of likely N-dealkylation sites (tertiary alicyclic amines) is 1. The highest BCUT2D eigenvalue weighted by Crippen LogP contribution is 2.25. The average molecular weight is 357 g/mol. The maximum Gasteiger partial charge on any atom is 0.311 e. The molecule has 0 aromatic heterocycles. The monoisotopic (exact) mass is 356 g/mol. The molecule has 0 N–H and O–H groups in total. The van der Waals surface area contributed by atoms with Gasteiger partial charge in [0.25, 0.3) is 0 Å². The number of carbonyl (C=O) groups is 2. The van der Waals surface area contributed by atoms with Crippen molar-refractivity contribution in [3.8, 4) is 0 Å². The molecular weight excluding hydrogens is 336 g/mol. The summed E-state index contributed by atoms with van der Waals surface area (Å²) in [5.41, 5.74) is 2.01. The Labute approximate surface area is 153 Å². The first-order chi connectivity index (χ1) is 12.1.